The molecule has 0 spiro atoms. The quantitative estimate of drug-likeness (QED) is 0.438. The van der Waals surface area contributed by atoms with Gasteiger partial charge in [-0.1, -0.05) is 47.5 Å². The monoisotopic (exact) mass is 483 g/mol. The molecule has 4 rings (SSSR count). The zero-order valence-corrected chi connectivity index (χ0v) is 19.8. The maximum Gasteiger partial charge on any atom is 0.262 e. The van der Waals surface area contributed by atoms with Crippen LogP contribution in [-0.4, -0.2) is 55.2 Å². The molecule has 9 heteroatoms. The number of rotatable bonds is 7. The lowest BCUT2D eigenvalue weighted by molar-refractivity contribution is 0.0376. The number of carbonyl (C=O) groups is 1. The Morgan fingerprint density at radius 2 is 2.03 bits per heavy atom. The molecule has 1 aromatic carbocycles. The number of thiophene rings is 1. The van der Waals surface area contributed by atoms with Gasteiger partial charge in [0.2, 0.25) is 0 Å². The first-order valence-electron chi connectivity index (χ1n) is 10.0. The van der Waals surface area contributed by atoms with Crippen molar-refractivity contribution in [2.45, 2.75) is 19.8 Å². The van der Waals surface area contributed by atoms with Crippen LogP contribution >= 0.6 is 45.9 Å². The first-order valence-corrected chi connectivity index (χ1v) is 12.4. The van der Waals surface area contributed by atoms with E-state index in [0.717, 1.165) is 55.9 Å². The molecular formula is C21H23Cl2N3O2S2. The van der Waals surface area contributed by atoms with Gasteiger partial charge in [-0.15, -0.1) is 11.3 Å². The molecule has 0 radical (unpaired) electrons. The highest BCUT2D eigenvalue weighted by molar-refractivity contribution is 7.22. The maximum absolute atomic E-state index is 13.4. The van der Waals surface area contributed by atoms with E-state index in [9.17, 15) is 4.79 Å². The molecule has 1 amide bonds. The third kappa shape index (κ3) is 4.98. The second-order valence-electron chi connectivity index (χ2n) is 7.15. The standard InChI is InChI=1S/C21H23Cl2N3O2S2/c1-2-14-4-5-16-17(12-14)29-21(24-16)26(7-3-6-25-8-10-28-11-9-25)20(27)15-13-18(22)30-19(15)23/h4-5,12-13H,2-3,6-11H2,1H3. The maximum atomic E-state index is 13.4. The van der Waals surface area contributed by atoms with Crippen LogP contribution in [0.4, 0.5) is 5.13 Å². The molecule has 0 saturated carbocycles. The first kappa shape index (κ1) is 22.0. The summed E-state index contributed by atoms with van der Waals surface area (Å²) in [5.41, 5.74) is 2.61. The summed E-state index contributed by atoms with van der Waals surface area (Å²) < 4.78 is 7.43. The van der Waals surface area contributed by atoms with Crippen molar-refractivity contribution in [3.8, 4) is 0 Å². The lowest BCUT2D eigenvalue weighted by Gasteiger charge is -2.27. The van der Waals surface area contributed by atoms with Gasteiger partial charge in [0.05, 0.1) is 33.3 Å². The fourth-order valence-electron chi connectivity index (χ4n) is 3.48. The normalized spacial score (nSPS) is 15.0. The average Bonchev–Trinajstić information content (AvgIpc) is 3.33. The molecule has 1 saturated heterocycles. The van der Waals surface area contributed by atoms with E-state index in [0.29, 0.717) is 25.9 Å². The second-order valence-corrected chi connectivity index (χ2v) is 10.4. The van der Waals surface area contributed by atoms with Crippen molar-refractivity contribution in [2.24, 2.45) is 0 Å². The molecule has 3 aromatic rings. The zero-order valence-electron chi connectivity index (χ0n) is 16.7. The van der Waals surface area contributed by atoms with Crippen molar-refractivity contribution in [1.82, 2.24) is 9.88 Å². The van der Waals surface area contributed by atoms with Crippen LogP contribution in [-0.2, 0) is 11.2 Å². The van der Waals surface area contributed by atoms with E-state index in [1.165, 1.54) is 16.9 Å². The number of nitrogens with zero attached hydrogens (tertiary/aromatic N) is 3. The number of ether oxygens (including phenoxy) is 1. The van der Waals surface area contributed by atoms with Crippen LogP contribution in [0.3, 0.4) is 0 Å². The molecule has 1 aliphatic heterocycles. The molecule has 1 aliphatic rings. The molecule has 30 heavy (non-hydrogen) atoms. The highest BCUT2D eigenvalue weighted by atomic mass is 35.5. The Hall–Kier alpha value is -1.22. The number of hydrogen-bond donors (Lipinski definition) is 0. The van der Waals surface area contributed by atoms with Gasteiger partial charge < -0.3 is 4.74 Å². The molecule has 0 atom stereocenters. The summed E-state index contributed by atoms with van der Waals surface area (Å²) in [7, 11) is 0. The largest absolute Gasteiger partial charge is 0.379 e. The number of halogens is 2. The fraction of sp³-hybridized carbons (Fsp3) is 0.429. The Morgan fingerprint density at radius 3 is 2.73 bits per heavy atom. The van der Waals surface area contributed by atoms with Gasteiger partial charge in [0.15, 0.2) is 5.13 Å². The first-order chi connectivity index (χ1) is 14.5. The van der Waals surface area contributed by atoms with Gasteiger partial charge >= 0.3 is 0 Å². The molecule has 1 fully saturated rings. The van der Waals surface area contributed by atoms with E-state index in [1.807, 2.05) is 6.07 Å². The minimum atomic E-state index is -0.153. The van der Waals surface area contributed by atoms with Gasteiger partial charge in [-0.25, -0.2) is 4.98 Å². The van der Waals surface area contributed by atoms with Crippen molar-refractivity contribution >= 4 is 67.1 Å². The van der Waals surface area contributed by atoms with Crippen LogP contribution in [0, 0.1) is 0 Å². The number of thiazole rings is 1. The van der Waals surface area contributed by atoms with E-state index < -0.39 is 0 Å². The Labute approximate surface area is 194 Å². The minimum Gasteiger partial charge on any atom is -0.379 e. The number of hydrogen-bond acceptors (Lipinski definition) is 6. The van der Waals surface area contributed by atoms with Crippen molar-refractivity contribution in [3.63, 3.8) is 0 Å². The molecule has 0 bridgehead atoms. The van der Waals surface area contributed by atoms with Crippen LogP contribution in [0.2, 0.25) is 8.67 Å². The lowest BCUT2D eigenvalue weighted by atomic mass is 10.2. The van der Waals surface area contributed by atoms with Gasteiger partial charge in [0.1, 0.15) is 4.34 Å². The fourth-order valence-corrected chi connectivity index (χ4v) is 5.99. The third-order valence-electron chi connectivity index (χ3n) is 5.17. The van der Waals surface area contributed by atoms with Crippen LogP contribution in [0.5, 0.6) is 0 Å². The molecule has 2 aromatic heterocycles. The second kappa shape index (κ2) is 9.94. The van der Waals surface area contributed by atoms with Gasteiger partial charge in [-0.2, -0.15) is 0 Å². The zero-order chi connectivity index (χ0) is 21.1. The van der Waals surface area contributed by atoms with Crippen molar-refractivity contribution in [1.29, 1.82) is 0 Å². The Morgan fingerprint density at radius 1 is 1.23 bits per heavy atom. The van der Waals surface area contributed by atoms with Crippen LogP contribution in [0.25, 0.3) is 10.2 Å². The number of fused-ring (bicyclic) bond motifs is 1. The average molecular weight is 484 g/mol. The van der Waals surface area contributed by atoms with Crippen molar-refractivity contribution in [3.05, 3.63) is 44.1 Å². The topological polar surface area (TPSA) is 45.7 Å². The summed E-state index contributed by atoms with van der Waals surface area (Å²) in [5, 5.41) is 0.698. The van der Waals surface area contributed by atoms with Crippen LogP contribution in [0.15, 0.2) is 24.3 Å². The summed E-state index contributed by atoms with van der Waals surface area (Å²) in [6, 6.07) is 7.92. The summed E-state index contributed by atoms with van der Waals surface area (Å²) >= 11 is 15.1. The predicted octanol–water partition coefficient (Wildman–Crippen LogP) is 5.60. The van der Waals surface area contributed by atoms with E-state index in [4.69, 9.17) is 32.9 Å². The Kier molecular flexibility index (Phi) is 7.28. The number of benzene rings is 1. The van der Waals surface area contributed by atoms with Crippen LogP contribution in [0.1, 0.15) is 29.3 Å². The third-order valence-corrected chi connectivity index (χ3v) is 7.70. The number of aryl methyl sites for hydroxylation is 1. The van der Waals surface area contributed by atoms with E-state index in [1.54, 1.807) is 22.3 Å². The van der Waals surface area contributed by atoms with Gasteiger partial charge in [0.25, 0.3) is 5.91 Å². The van der Waals surface area contributed by atoms with E-state index in [2.05, 4.69) is 24.0 Å². The predicted molar refractivity (Wildman–Crippen MR) is 127 cm³/mol. The van der Waals surface area contributed by atoms with Crippen molar-refractivity contribution < 1.29 is 9.53 Å². The SMILES string of the molecule is CCc1ccc2nc(N(CCCN3CCOCC3)C(=O)c3cc(Cl)sc3Cl)sc2c1. The molecule has 0 aliphatic carbocycles. The summed E-state index contributed by atoms with van der Waals surface area (Å²) in [5.74, 6) is -0.153. The minimum absolute atomic E-state index is 0.153. The number of morpholine rings is 1. The lowest BCUT2D eigenvalue weighted by Crippen LogP contribution is -2.39. The van der Waals surface area contributed by atoms with Gasteiger partial charge in [-0.05, 0) is 36.6 Å². The highest BCUT2D eigenvalue weighted by Gasteiger charge is 2.25. The summed E-state index contributed by atoms with van der Waals surface area (Å²) in [6.45, 7) is 7.01. The molecular weight excluding hydrogens is 461 g/mol. The molecule has 160 valence electrons. The Balaban J connectivity index is 1.59. The summed E-state index contributed by atoms with van der Waals surface area (Å²) in [6.07, 6.45) is 1.81. The number of aromatic nitrogens is 1. The molecule has 5 nitrogen and oxygen atoms in total. The van der Waals surface area contributed by atoms with Crippen LogP contribution < -0.4 is 4.90 Å². The molecule has 3 heterocycles. The number of carbonyl (C=O) groups excluding carboxylic acids is 1. The molecule has 0 N–H and O–H groups in total. The van der Waals surface area contributed by atoms with Crippen molar-refractivity contribution in [2.75, 3.05) is 44.3 Å². The number of amides is 1. The number of anilines is 1. The van der Waals surface area contributed by atoms with E-state index in [-0.39, 0.29) is 5.91 Å². The highest BCUT2D eigenvalue weighted by Crippen LogP contribution is 2.35. The van der Waals surface area contributed by atoms with Gasteiger partial charge in [0, 0.05) is 26.2 Å². The van der Waals surface area contributed by atoms with E-state index >= 15 is 0 Å². The smallest absolute Gasteiger partial charge is 0.262 e. The Bertz CT molecular complexity index is 1030. The summed E-state index contributed by atoms with van der Waals surface area (Å²) in [4.78, 5) is 22.3. The van der Waals surface area contributed by atoms with Gasteiger partial charge in [-0.3, -0.25) is 14.6 Å². The molecule has 0 unspecified atom stereocenters.